The number of hydrogen-bond donors (Lipinski definition) is 3. The minimum Gasteiger partial charge on any atom is -0.479 e. The molecule has 3 amide bonds. The summed E-state index contributed by atoms with van der Waals surface area (Å²) in [5.41, 5.74) is 11.2. The fourth-order valence-electron chi connectivity index (χ4n) is 1.30. The quantitative estimate of drug-likeness (QED) is 0.766. The Balaban J connectivity index is 2.84. The number of carbonyl (C=O) groups is 2. The molecule has 18 heavy (non-hydrogen) atoms. The number of amides is 3. The highest BCUT2D eigenvalue weighted by molar-refractivity contribution is 9.10. The zero-order valence-corrected chi connectivity index (χ0v) is 11.4. The van der Waals surface area contributed by atoms with Gasteiger partial charge >= 0.3 is 6.03 Å². The predicted molar refractivity (Wildman–Crippen MR) is 69.8 cm³/mol. The van der Waals surface area contributed by atoms with E-state index in [9.17, 15) is 9.59 Å². The number of hydrogen-bond acceptors (Lipinski definition) is 4. The summed E-state index contributed by atoms with van der Waals surface area (Å²) in [4.78, 5) is 22.0. The summed E-state index contributed by atoms with van der Waals surface area (Å²) < 4.78 is 6.17. The van der Waals surface area contributed by atoms with Crippen LogP contribution in [0.1, 0.15) is 12.5 Å². The van der Waals surface area contributed by atoms with Gasteiger partial charge in [-0.1, -0.05) is 12.1 Å². The second kappa shape index (κ2) is 6.36. The summed E-state index contributed by atoms with van der Waals surface area (Å²) >= 11 is 3.31. The number of nitrogens with one attached hydrogen (secondary N) is 1. The zero-order valence-electron chi connectivity index (χ0n) is 9.77. The third-order valence-corrected chi connectivity index (χ3v) is 2.80. The largest absolute Gasteiger partial charge is 0.479 e. The summed E-state index contributed by atoms with van der Waals surface area (Å²) in [6.07, 6.45) is -0.860. The van der Waals surface area contributed by atoms with E-state index in [1.165, 1.54) is 6.92 Å². The van der Waals surface area contributed by atoms with Crippen molar-refractivity contribution in [3.8, 4) is 5.75 Å². The van der Waals surface area contributed by atoms with Crippen LogP contribution in [0.2, 0.25) is 0 Å². The van der Waals surface area contributed by atoms with Crippen molar-refractivity contribution in [2.75, 3.05) is 0 Å². The standard InChI is InChI=1S/C11H14BrN3O3/c1-6(10(16)15-11(14)17)18-9-7(5-13)3-2-4-8(9)12/h2-4,6H,5,13H2,1H3,(H3,14,15,16,17). The van der Waals surface area contributed by atoms with Gasteiger partial charge in [-0.15, -0.1) is 0 Å². The van der Waals surface area contributed by atoms with Crippen LogP contribution in [0.15, 0.2) is 22.7 Å². The molecule has 5 N–H and O–H groups in total. The van der Waals surface area contributed by atoms with E-state index in [1.807, 2.05) is 11.4 Å². The molecule has 0 saturated carbocycles. The Hall–Kier alpha value is -1.60. The highest BCUT2D eigenvalue weighted by Gasteiger charge is 2.18. The highest BCUT2D eigenvalue weighted by Crippen LogP contribution is 2.29. The second-order valence-electron chi connectivity index (χ2n) is 3.55. The number of rotatable bonds is 4. The Bertz CT molecular complexity index is 465. The SMILES string of the molecule is CC(Oc1c(Br)cccc1CN)C(=O)NC(N)=O. The molecule has 0 radical (unpaired) electrons. The number of nitrogens with two attached hydrogens (primary N) is 2. The van der Waals surface area contributed by atoms with Crippen molar-refractivity contribution in [1.82, 2.24) is 5.32 Å². The number of primary amides is 1. The van der Waals surface area contributed by atoms with Crippen LogP contribution >= 0.6 is 15.9 Å². The Kier molecular flexibility index (Phi) is 5.11. The molecule has 0 saturated heterocycles. The van der Waals surface area contributed by atoms with Crippen LogP contribution in [0.5, 0.6) is 5.75 Å². The lowest BCUT2D eigenvalue weighted by molar-refractivity contribution is -0.126. The van der Waals surface area contributed by atoms with Crippen molar-refractivity contribution in [3.05, 3.63) is 28.2 Å². The lowest BCUT2D eigenvalue weighted by Crippen LogP contribution is -2.42. The van der Waals surface area contributed by atoms with E-state index in [-0.39, 0.29) is 6.54 Å². The van der Waals surface area contributed by atoms with E-state index in [2.05, 4.69) is 15.9 Å². The van der Waals surface area contributed by atoms with Crippen LogP contribution in [0, 0.1) is 0 Å². The van der Waals surface area contributed by atoms with Gasteiger partial charge in [0.25, 0.3) is 5.91 Å². The first-order valence-corrected chi connectivity index (χ1v) is 5.99. The lowest BCUT2D eigenvalue weighted by atomic mass is 10.2. The second-order valence-corrected chi connectivity index (χ2v) is 4.40. The van der Waals surface area contributed by atoms with Gasteiger partial charge in [0, 0.05) is 12.1 Å². The number of benzene rings is 1. The summed E-state index contributed by atoms with van der Waals surface area (Å²) in [5.74, 6) is -0.131. The fourth-order valence-corrected chi connectivity index (χ4v) is 1.80. The molecular formula is C11H14BrN3O3. The monoisotopic (exact) mass is 315 g/mol. The summed E-state index contributed by atoms with van der Waals surface area (Å²) in [6.45, 7) is 1.79. The maximum atomic E-state index is 11.5. The maximum absolute atomic E-state index is 11.5. The van der Waals surface area contributed by atoms with Gasteiger partial charge in [0.05, 0.1) is 4.47 Å². The zero-order chi connectivity index (χ0) is 13.7. The third kappa shape index (κ3) is 3.71. The first-order chi connectivity index (χ1) is 8.45. The van der Waals surface area contributed by atoms with Crippen LogP contribution in [0.3, 0.4) is 0 Å². The van der Waals surface area contributed by atoms with Crippen molar-refractivity contribution in [2.24, 2.45) is 11.5 Å². The van der Waals surface area contributed by atoms with Gasteiger partial charge in [0.2, 0.25) is 0 Å². The molecule has 1 aromatic rings. The molecule has 0 spiro atoms. The molecule has 0 heterocycles. The molecule has 1 unspecified atom stereocenters. The number of carbonyl (C=O) groups excluding carboxylic acids is 2. The van der Waals surface area contributed by atoms with Gasteiger partial charge in [-0.3, -0.25) is 10.1 Å². The third-order valence-electron chi connectivity index (χ3n) is 2.18. The highest BCUT2D eigenvalue weighted by atomic mass is 79.9. The Morgan fingerprint density at radius 1 is 1.50 bits per heavy atom. The Morgan fingerprint density at radius 3 is 2.72 bits per heavy atom. The topological polar surface area (TPSA) is 107 Å². The van der Waals surface area contributed by atoms with E-state index in [0.29, 0.717) is 10.2 Å². The summed E-state index contributed by atoms with van der Waals surface area (Å²) in [5, 5.41) is 1.95. The Labute approximate surface area is 113 Å². The van der Waals surface area contributed by atoms with Crippen molar-refractivity contribution < 1.29 is 14.3 Å². The van der Waals surface area contributed by atoms with Gasteiger partial charge in [-0.05, 0) is 28.9 Å². The summed E-state index contributed by atoms with van der Waals surface area (Å²) in [6, 6.07) is 4.46. The van der Waals surface area contributed by atoms with Crippen LogP contribution in [0.25, 0.3) is 0 Å². The van der Waals surface area contributed by atoms with Crippen LogP contribution in [-0.4, -0.2) is 18.0 Å². The van der Waals surface area contributed by atoms with Gasteiger partial charge in [0.1, 0.15) is 5.75 Å². The average Bonchev–Trinajstić information content (AvgIpc) is 2.30. The van der Waals surface area contributed by atoms with Gasteiger partial charge in [-0.2, -0.15) is 0 Å². The maximum Gasteiger partial charge on any atom is 0.318 e. The number of halogens is 1. The molecule has 0 aliphatic carbocycles. The van der Waals surface area contributed by atoms with E-state index in [1.54, 1.807) is 12.1 Å². The molecule has 0 fully saturated rings. The van der Waals surface area contributed by atoms with Gasteiger partial charge < -0.3 is 16.2 Å². The minimum atomic E-state index is -0.915. The van der Waals surface area contributed by atoms with E-state index >= 15 is 0 Å². The van der Waals surface area contributed by atoms with Crippen molar-refractivity contribution in [2.45, 2.75) is 19.6 Å². The normalized spacial score (nSPS) is 11.7. The van der Waals surface area contributed by atoms with E-state index < -0.39 is 18.0 Å². The van der Waals surface area contributed by atoms with Crippen LogP contribution in [-0.2, 0) is 11.3 Å². The smallest absolute Gasteiger partial charge is 0.318 e. The van der Waals surface area contributed by atoms with Crippen LogP contribution < -0.4 is 21.5 Å². The predicted octanol–water partition coefficient (Wildman–Crippen LogP) is 0.870. The molecule has 7 heteroatoms. The number of urea groups is 1. The van der Waals surface area contributed by atoms with Gasteiger partial charge in [-0.25, -0.2) is 4.79 Å². The molecule has 1 aromatic carbocycles. The van der Waals surface area contributed by atoms with Crippen molar-refractivity contribution >= 4 is 27.9 Å². The van der Waals surface area contributed by atoms with Crippen molar-refractivity contribution in [3.63, 3.8) is 0 Å². The lowest BCUT2D eigenvalue weighted by Gasteiger charge is -2.17. The fraction of sp³-hybridized carbons (Fsp3) is 0.273. The molecule has 0 aliphatic rings. The molecular weight excluding hydrogens is 302 g/mol. The molecule has 98 valence electrons. The number of ether oxygens (including phenoxy) is 1. The Morgan fingerprint density at radius 2 is 2.17 bits per heavy atom. The van der Waals surface area contributed by atoms with Crippen LogP contribution in [0.4, 0.5) is 4.79 Å². The molecule has 0 aromatic heterocycles. The summed E-state index contributed by atoms with van der Waals surface area (Å²) in [7, 11) is 0. The molecule has 0 aliphatic heterocycles. The van der Waals surface area contributed by atoms with E-state index in [4.69, 9.17) is 16.2 Å². The number of para-hydroxylation sites is 1. The molecule has 0 bridgehead atoms. The van der Waals surface area contributed by atoms with Crippen molar-refractivity contribution in [1.29, 1.82) is 0 Å². The number of imide groups is 1. The van der Waals surface area contributed by atoms with E-state index in [0.717, 1.165) is 5.56 Å². The molecule has 1 rings (SSSR count). The molecule has 6 nitrogen and oxygen atoms in total. The first kappa shape index (κ1) is 14.5. The average molecular weight is 316 g/mol. The minimum absolute atomic E-state index is 0.277. The van der Waals surface area contributed by atoms with Gasteiger partial charge in [0.15, 0.2) is 6.10 Å². The molecule has 1 atom stereocenters. The first-order valence-electron chi connectivity index (χ1n) is 5.20.